The molecule has 2 saturated heterocycles. The molecule has 0 aromatic heterocycles. The molecule has 208 valence electrons. The molecule has 1 N–H and O–H groups in total. The minimum absolute atomic E-state index is 0.0987. The van der Waals surface area contributed by atoms with E-state index in [4.69, 9.17) is 4.74 Å². The summed E-state index contributed by atoms with van der Waals surface area (Å²) in [6.45, 7) is 4.78. The number of hydrogen-bond donors (Lipinski definition) is 1. The van der Waals surface area contributed by atoms with Gasteiger partial charge in [0.2, 0.25) is 0 Å². The number of likely N-dealkylation sites (tertiary alicyclic amines) is 2. The number of Topliss-reactive ketones (excluding diaryl/α,β-unsaturated/α-hetero) is 1. The van der Waals surface area contributed by atoms with Crippen LogP contribution in [0.5, 0.6) is 0 Å². The van der Waals surface area contributed by atoms with Crippen molar-refractivity contribution in [3.8, 4) is 6.07 Å². The van der Waals surface area contributed by atoms with E-state index in [1.807, 2.05) is 0 Å². The number of ketones is 1. The van der Waals surface area contributed by atoms with Crippen molar-refractivity contribution in [2.75, 3.05) is 46.4 Å². The first-order chi connectivity index (χ1) is 18.2. The predicted octanol–water partition coefficient (Wildman–Crippen LogP) is 4.42. The van der Waals surface area contributed by atoms with Gasteiger partial charge in [-0.2, -0.15) is 5.26 Å². The Morgan fingerprint density at radius 2 is 1.71 bits per heavy atom. The lowest BCUT2D eigenvalue weighted by Crippen LogP contribution is -2.54. The number of benzene rings is 1. The number of hydrogen-bond acceptors (Lipinski definition) is 5. The summed E-state index contributed by atoms with van der Waals surface area (Å²) in [7, 11) is 1.71. The van der Waals surface area contributed by atoms with Crippen molar-refractivity contribution in [3.05, 3.63) is 35.9 Å². The second-order valence-corrected chi connectivity index (χ2v) is 11.6. The van der Waals surface area contributed by atoms with E-state index in [1.54, 1.807) is 42.3 Å². The average molecular weight is 531 g/mol. The molecule has 9 heteroatoms. The summed E-state index contributed by atoms with van der Waals surface area (Å²) in [6.07, 6.45) is 3.70. The van der Waals surface area contributed by atoms with Crippen LogP contribution < -0.4 is 5.32 Å². The number of carbonyl (C=O) groups is 2. The van der Waals surface area contributed by atoms with Gasteiger partial charge in [-0.05, 0) is 62.6 Å². The van der Waals surface area contributed by atoms with Gasteiger partial charge in [0.05, 0.1) is 24.1 Å². The van der Waals surface area contributed by atoms with E-state index in [0.29, 0.717) is 31.5 Å². The van der Waals surface area contributed by atoms with E-state index in [9.17, 15) is 14.9 Å². The zero-order valence-corrected chi connectivity index (χ0v) is 22.4. The van der Waals surface area contributed by atoms with Crippen LogP contribution in [0, 0.1) is 22.2 Å². The molecule has 1 aliphatic carbocycles. The monoisotopic (exact) mass is 530 g/mol. The molecule has 7 nitrogen and oxygen atoms in total. The van der Waals surface area contributed by atoms with Crippen molar-refractivity contribution in [2.24, 2.45) is 10.8 Å². The first-order valence-electron chi connectivity index (χ1n) is 13.8. The predicted molar refractivity (Wildman–Crippen MR) is 140 cm³/mol. The number of nitrogens with zero attached hydrogens (tertiary/aromatic N) is 3. The van der Waals surface area contributed by atoms with Crippen molar-refractivity contribution >= 4 is 11.8 Å². The van der Waals surface area contributed by atoms with Crippen LogP contribution in [0.15, 0.2) is 30.3 Å². The highest BCUT2D eigenvalue weighted by molar-refractivity contribution is 5.89. The topological polar surface area (TPSA) is 85.7 Å². The van der Waals surface area contributed by atoms with Gasteiger partial charge < -0.3 is 19.9 Å². The smallest absolute Gasteiger partial charge is 0.317 e. The molecular formula is C29H40F2N4O3. The van der Waals surface area contributed by atoms with Gasteiger partial charge in [0.1, 0.15) is 0 Å². The van der Waals surface area contributed by atoms with E-state index in [2.05, 4.69) is 16.3 Å². The van der Waals surface area contributed by atoms with Crippen LogP contribution in [0.3, 0.4) is 0 Å². The molecule has 38 heavy (non-hydrogen) atoms. The van der Waals surface area contributed by atoms with Crippen molar-refractivity contribution < 1.29 is 23.1 Å². The van der Waals surface area contributed by atoms with E-state index < -0.39 is 42.0 Å². The number of nitriles is 1. The van der Waals surface area contributed by atoms with E-state index in [-0.39, 0.29) is 11.8 Å². The van der Waals surface area contributed by atoms with Crippen LogP contribution in [0.2, 0.25) is 0 Å². The van der Waals surface area contributed by atoms with Crippen LogP contribution in [0.25, 0.3) is 0 Å². The Bertz CT molecular complexity index is 991. The zero-order valence-electron chi connectivity index (χ0n) is 22.4. The lowest BCUT2D eigenvalue weighted by Gasteiger charge is -2.47. The second-order valence-electron chi connectivity index (χ2n) is 11.6. The minimum Gasteiger partial charge on any atom is -0.383 e. The van der Waals surface area contributed by atoms with Gasteiger partial charge in [-0.15, -0.1) is 0 Å². The molecule has 4 rings (SSSR count). The fourth-order valence-electron chi connectivity index (χ4n) is 5.84. The molecule has 1 spiro atoms. The Balaban J connectivity index is 1.35. The molecule has 3 fully saturated rings. The maximum absolute atomic E-state index is 15.1. The Morgan fingerprint density at radius 1 is 1.08 bits per heavy atom. The summed E-state index contributed by atoms with van der Waals surface area (Å²) in [6, 6.07) is 8.79. The maximum Gasteiger partial charge on any atom is 0.317 e. The second kappa shape index (κ2) is 12.1. The SMILES string of the molecule is COCCN1CCC2(CC1)CCN(C(=O)N[C@@H](CC(F)(F)Cc1ccccc1)C(=O)CC1(C#N)CC1)CC2. The normalized spacial score (nSPS) is 21.5. The van der Waals surface area contributed by atoms with Crippen LogP contribution in [0.1, 0.15) is 56.9 Å². The number of rotatable bonds is 11. The molecule has 0 bridgehead atoms. The lowest BCUT2D eigenvalue weighted by molar-refractivity contribution is -0.124. The van der Waals surface area contributed by atoms with E-state index in [0.717, 1.165) is 51.9 Å². The number of methoxy groups -OCH3 is 1. The quantitative estimate of drug-likeness (QED) is 0.458. The van der Waals surface area contributed by atoms with Gasteiger partial charge in [-0.3, -0.25) is 4.79 Å². The summed E-state index contributed by atoms with van der Waals surface area (Å²) < 4.78 is 35.4. The first kappa shape index (κ1) is 28.4. The lowest BCUT2D eigenvalue weighted by atomic mass is 9.71. The number of urea groups is 1. The van der Waals surface area contributed by atoms with Crippen LogP contribution in [0.4, 0.5) is 13.6 Å². The van der Waals surface area contributed by atoms with Gasteiger partial charge in [-0.1, -0.05) is 30.3 Å². The third-order valence-corrected chi connectivity index (χ3v) is 8.74. The number of nitrogens with one attached hydrogen (secondary N) is 1. The van der Waals surface area contributed by atoms with Gasteiger partial charge in [-0.25, -0.2) is 13.6 Å². The maximum atomic E-state index is 15.1. The van der Waals surface area contributed by atoms with E-state index >= 15 is 8.78 Å². The van der Waals surface area contributed by atoms with Crippen molar-refractivity contribution in [1.29, 1.82) is 5.26 Å². The molecule has 2 heterocycles. The molecule has 2 amide bonds. The van der Waals surface area contributed by atoms with E-state index in [1.165, 1.54) is 0 Å². The number of amides is 2. The standard InChI is InChI=1S/C29H40F2N4O3/c1-38-18-17-34-13-9-27(10-14-34)11-15-35(16-12-27)26(37)33-24(25(36)21-28(22-32)7-8-28)20-29(30,31)19-23-5-3-2-4-6-23/h2-6,24H,7-21H2,1H3,(H,33,37)/t24-/m0/s1. The fourth-order valence-corrected chi connectivity index (χ4v) is 5.84. The molecule has 1 aromatic rings. The number of piperidine rings is 2. The molecule has 3 aliphatic rings. The summed E-state index contributed by atoms with van der Waals surface area (Å²) in [5, 5.41) is 12.1. The molecule has 1 atom stereocenters. The highest BCUT2D eigenvalue weighted by Gasteiger charge is 2.47. The number of alkyl halides is 2. The van der Waals surface area contributed by atoms with Gasteiger partial charge in [0, 0.05) is 46.0 Å². The largest absolute Gasteiger partial charge is 0.383 e. The number of ether oxygens (including phenoxy) is 1. The zero-order chi connectivity index (χ0) is 27.2. The minimum atomic E-state index is -3.18. The fraction of sp³-hybridized carbons (Fsp3) is 0.690. The van der Waals surface area contributed by atoms with Crippen molar-refractivity contribution in [1.82, 2.24) is 15.1 Å². The highest BCUT2D eigenvalue weighted by Crippen LogP contribution is 2.48. The molecule has 0 unspecified atom stereocenters. The van der Waals surface area contributed by atoms with Crippen LogP contribution in [-0.4, -0.2) is 80.0 Å². The third-order valence-electron chi connectivity index (χ3n) is 8.74. The summed E-state index contributed by atoms with van der Waals surface area (Å²) in [5.74, 6) is -3.66. The summed E-state index contributed by atoms with van der Waals surface area (Å²) >= 11 is 0. The molecular weight excluding hydrogens is 490 g/mol. The van der Waals surface area contributed by atoms with Gasteiger partial charge in [0.25, 0.3) is 5.92 Å². The average Bonchev–Trinajstić information content (AvgIpc) is 3.68. The Labute approximate surface area is 224 Å². The Morgan fingerprint density at radius 3 is 2.29 bits per heavy atom. The number of halogens is 2. The van der Waals surface area contributed by atoms with Crippen molar-refractivity contribution in [2.45, 2.75) is 69.8 Å². The van der Waals surface area contributed by atoms with Crippen LogP contribution >= 0.6 is 0 Å². The highest BCUT2D eigenvalue weighted by atomic mass is 19.3. The molecule has 1 aromatic carbocycles. The third kappa shape index (κ3) is 7.51. The van der Waals surface area contributed by atoms with Gasteiger partial charge >= 0.3 is 6.03 Å². The number of carbonyl (C=O) groups excluding carboxylic acids is 2. The summed E-state index contributed by atoms with van der Waals surface area (Å²) in [5.41, 5.74) is -0.0753. The Kier molecular flexibility index (Phi) is 9.04. The summed E-state index contributed by atoms with van der Waals surface area (Å²) in [4.78, 5) is 30.4. The Hall–Kier alpha value is -2.57. The van der Waals surface area contributed by atoms with Crippen molar-refractivity contribution in [3.63, 3.8) is 0 Å². The molecule has 2 aliphatic heterocycles. The van der Waals surface area contributed by atoms with Gasteiger partial charge in [0.15, 0.2) is 5.78 Å². The first-order valence-corrected chi connectivity index (χ1v) is 13.8. The van der Waals surface area contributed by atoms with Crippen LogP contribution in [-0.2, 0) is 16.0 Å². The molecule has 0 radical (unpaired) electrons. The molecule has 1 saturated carbocycles.